The van der Waals surface area contributed by atoms with Gasteiger partial charge in [-0.1, -0.05) is 29.5 Å². The standard InChI is InChI=1S/C31H34N2O6S/c1-8-10-21-15-20(11-13-23(21)36-6)16-26-29(34)33-28(22-12-14-24(39-18(3)4)25(17-22)37-7)27(30(35)38-9-2)19(5)32-31(33)40-26/h8,11-18,28H,1,9-10H2,2-7H3/b26-16-/t28-/m1/s1. The molecule has 1 aliphatic heterocycles. The molecule has 210 valence electrons. The summed E-state index contributed by atoms with van der Waals surface area (Å²) in [6.07, 6.45) is 4.21. The Kier molecular flexibility index (Phi) is 8.94. The molecule has 0 spiro atoms. The van der Waals surface area contributed by atoms with Crippen LogP contribution in [0, 0.1) is 0 Å². The third kappa shape index (κ3) is 5.74. The van der Waals surface area contributed by atoms with E-state index in [4.69, 9.17) is 18.9 Å². The van der Waals surface area contributed by atoms with Crippen LogP contribution in [0.4, 0.5) is 0 Å². The van der Waals surface area contributed by atoms with Gasteiger partial charge in [0.2, 0.25) is 0 Å². The van der Waals surface area contributed by atoms with Crippen molar-refractivity contribution < 1.29 is 23.7 Å². The van der Waals surface area contributed by atoms with Gasteiger partial charge in [-0.3, -0.25) is 9.36 Å². The maximum absolute atomic E-state index is 13.9. The van der Waals surface area contributed by atoms with Crippen LogP contribution in [0.15, 0.2) is 70.1 Å². The minimum Gasteiger partial charge on any atom is -0.496 e. The van der Waals surface area contributed by atoms with E-state index in [1.807, 2.05) is 44.2 Å². The lowest BCUT2D eigenvalue weighted by Gasteiger charge is -2.25. The molecule has 0 fully saturated rings. The smallest absolute Gasteiger partial charge is 0.338 e. The minimum absolute atomic E-state index is 0.0559. The Bertz CT molecular complexity index is 1650. The zero-order valence-corrected chi connectivity index (χ0v) is 24.5. The van der Waals surface area contributed by atoms with Crippen molar-refractivity contribution in [2.45, 2.75) is 46.3 Å². The SMILES string of the molecule is C=CCc1cc(/C=c2\sc3n(c2=O)[C@H](c2ccc(OC(C)C)c(OC)c2)C(C(=O)OCC)=C(C)N=3)ccc1OC. The van der Waals surface area contributed by atoms with Gasteiger partial charge in [-0.2, -0.15) is 0 Å². The number of benzene rings is 2. The van der Waals surface area contributed by atoms with E-state index in [2.05, 4.69) is 11.6 Å². The van der Waals surface area contributed by atoms with Crippen LogP contribution in [0.5, 0.6) is 17.2 Å². The summed E-state index contributed by atoms with van der Waals surface area (Å²) in [6.45, 7) is 11.4. The predicted molar refractivity (Wildman–Crippen MR) is 156 cm³/mol. The van der Waals surface area contributed by atoms with Gasteiger partial charge in [0.25, 0.3) is 5.56 Å². The molecule has 1 aliphatic rings. The number of rotatable bonds is 10. The molecule has 0 aliphatic carbocycles. The first kappa shape index (κ1) is 28.9. The molecule has 9 heteroatoms. The minimum atomic E-state index is -0.758. The maximum Gasteiger partial charge on any atom is 0.338 e. The number of nitrogens with zero attached hydrogens (tertiary/aromatic N) is 2. The van der Waals surface area contributed by atoms with Crippen molar-refractivity contribution in [1.29, 1.82) is 0 Å². The number of carbonyl (C=O) groups excluding carboxylic acids is 1. The fraction of sp³-hybridized carbons (Fsp3) is 0.323. The molecule has 40 heavy (non-hydrogen) atoms. The van der Waals surface area contributed by atoms with Crippen molar-refractivity contribution in [1.82, 2.24) is 4.57 Å². The average Bonchev–Trinajstić information content (AvgIpc) is 3.22. The first-order valence-corrected chi connectivity index (χ1v) is 13.9. The Hall–Kier alpha value is -4.11. The van der Waals surface area contributed by atoms with Gasteiger partial charge in [-0.25, -0.2) is 9.79 Å². The van der Waals surface area contributed by atoms with Crippen LogP contribution in [0.25, 0.3) is 6.08 Å². The molecule has 0 saturated heterocycles. The number of thiazole rings is 1. The van der Waals surface area contributed by atoms with Gasteiger partial charge in [-0.05, 0) is 81.1 Å². The van der Waals surface area contributed by atoms with Crippen LogP contribution in [-0.2, 0) is 16.0 Å². The molecule has 1 atom stereocenters. The highest BCUT2D eigenvalue weighted by Crippen LogP contribution is 2.36. The van der Waals surface area contributed by atoms with E-state index >= 15 is 0 Å². The number of aromatic nitrogens is 1. The summed E-state index contributed by atoms with van der Waals surface area (Å²) in [7, 11) is 3.18. The third-order valence-electron chi connectivity index (χ3n) is 6.35. The first-order valence-electron chi connectivity index (χ1n) is 13.0. The summed E-state index contributed by atoms with van der Waals surface area (Å²) in [4.78, 5) is 32.3. The van der Waals surface area contributed by atoms with E-state index in [1.54, 1.807) is 50.8 Å². The van der Waals surface area contributed by atoms with Crippen LogP contribution in [0.1, 0.15) is 50.4 Å². The molecule has 0 unspecified atom stereocenters. The number of carbonyl (C=O) groups is 1. The molecule has 4 rings (SSSR count). The van der Waals surface area contributed by atoms with Crippen molar-refractivity contribution in [3.63, 3.8) is 0 Å². The van der Waals surface area contributed by atoms with Crippen molar-refractivity contribution in [2.24, 2.45) is 4.99 Å². The second-order valence-corrected chi connectivity index (χ2v) is 10.5. The third-order valence-corrected chi connectivity index (χ3v) is 7.33. The van der Waals surface area contributed by atoms with Gasteiger partial charge in [0.05, 0.1) is 48.8 Å². The Balaban J connectivity index is 1.92. The monoisotopic (exact) mass is 562 g/mol. The number of methoxy groups -OCH3 is 2. The van der Waals surface area contributed by atoms with Gasteiger partial charge in [0, 0.05) is 0 Å². The Labute approximate surface area is 237 Å². The highest BCUT2D eigenvalue weighted by atomic mass is 32.1. The van der Waals surface area contributed by atoms with Gasteiger partial charge in [0.1, 0.15) is 5.75 Å². The lowest BCUT2D eigenvalue weighted by atomic mass is 9.95. The Morgan fingerprint density at radius 3 is 2.50 bits per heavy atom. The molecule has 3 aromatic rings. The topological polar surface area (TPSA) is 88.4 Å². The van der Waals surface area contributed by atoms with Gasteiger partial charge in [-0.15, -0.1) is 6.58 Å². The van der Waals surface area contributed by atoms with Crippen LogP contribution in [0.2, 0.25) is 0 Å². The highest BCUT2D eigenvalue weighted by molar-refractivity contribution is 7.07. The largest absolute Gasteiger partial charge is 0.496 e. The van der Waals surface area contributed by atoms with E-state index in [1.165, 1.54) is 11.3 Å². The summed E-state index contributed by atoms with van der Waals surface area (Å²) in [5.41, 5.74) is 3.03. The number of fused-ring (bicyclic) bond motifs is 1. The molecule has 2 heterocycles. The summed E-state index contributed by atoms with van der Waals surface area (Å²) in [5.74, 6) is 1.31. The normalized spacial score (nSPS) is 15.0. The lowest BCUT2D eigenvalue weighted by Crippen LogP contribution is -2.40. The molecule has 1 aromatic heterocycles. The van der Waals surface area contributed by atoms with Gasteiger partial charge in [0.15, 0.2) is 16.3 Å². The zero-order valence-electron chi connectivity index (χ0n) is 23.6. The van der Waals surface area contributed by atoms with E-state index < -0.39 is 12.0 Å². The molecule has 0 N–H and O–H groups in total. The predicted octanol–water partition coefficient (Wildman–Crippen LogP) is 4.33. The summed E-state index contributed by atoms with van der Waals surface area (Å²) in [6, 6.07) is 10.4. The molecule has 0 radical (unpaired) electrons. The second-order valence-electron chi connectivity index (χ2n) is 9.44. The van der Waals surface area contributed by atoms with Crippen LogP contribution >= 0.6 is 11.3 Å². The van der Waals surface area contributed by atoms with Crippen molar-refractivity contribution in [3.8, 4) is 17.2 Å². The zero-order chi connectivity index (χ0) is 29.0. The van der Waals surface area contributed by atoms with Crippen LogP contribution in [0.3, 0.4) is 0 Å². The summed E-state index contributed by atoms with van der Waals surface area (Å²) in [5, 5.41) is 0. The van der Waals surface area contributed by atoms with Gasteiger partial charge >= 0.3 is 5.97 Å². The molecular formula is C31H34N2O6S. The number of allylic oxidation sites excluding steroid dienone is 2. The van der Waals surface area contributed by atoms with E-state index in [0.29, 0.717) is 44.1 Å². The lowest BCUT2D eigenvalue weighted by molar-refractivity contribution is -0.139. The fourth-order valence-corrected chi connectivity index (χ4v) is 5.71. The molecule has 0 amide bonds. The Morgan fingerprint density at radius 1 is 1.12 bits per heavy atom. The summed E-state index contributed by atoms with van der Waals surface area (Å²) >= 11 is 1.27. The molecule has 2 aromatic carbocycles. The number of esters is 1. The first-order chi connectivity index (χ1) is 19.2. The van der Waals surface area contributed by atoms with Gasteiger partial charge < -0.3 is 18.9 Å². The molecule has 0 saturated carbocycles. The quantitative estimate of drug-likeness (QED) is 0.270. The number of hydrogen-bond donors (Lipinski definition) is 0. The van der Waals surface area contributed by atoms with E-state index in [0.717, 1.165) is 16.9 Å². The molecular weight excluding hydrogens is 528 g/mol. The van der Waals surface area contributed by atoms with Crippen molar-refractivity contribution in [2.75, 3.05) is 20.8 Å². The average molecular weight is 563 g/mol. The van der Waals surface area contributed by atoms with E-state index in [9.17, 15) is 9.59 Å². The maximum atomic E-state index is 13.9. The highest BCUT2D eigenvalue weighted by Gasteiger charge is 2.34. The second kappa shape index (κ2) is 12.4. The Morgan fingerprint density at radius 2 is 1.85 bits per heavy atom. The fourth-order valence-electron chi connectivity index (χ4n) is 4.67. The number of ether oxygens (including phenoxy) is 4. The van der Waals surface area contributed by atoms with Crippen LogP contribution in [-0.4, -0.2) is 37.5 Å². The van der Waals surface area contributed by atoms with Crippen molar-refractivity contribution in [3.05, 3.63) is 96.7 Å². The molecule has 8 nitrogen and oxygen atoms in total. The summed E-state index contributed by atoms with van der Waals surface area (Å²) < 4.78 is 24.4. The van der Waals surface area contributed by atoms with E-state index in [-0.39, 0.29) is 18.3 Å². The number of hydrogen-bond acceptors (Lipinski definition) is 8. The van der Waals surface area contributed by atoms with Crippen molar-refractivity contribution >= 4 is 23.4 Å². The van der Waals surface area contributed by atoms with Crippen LogP contribution < -0.4 is 29.1 Å². The molecule has 0 bridgehead atoms.